The maximum Gasteiger partial charge on any atom is 0.220 e. The quantitative estimate of drug-likeness (QED) is 0.454. The molecule has 3 rings (SSSR count). The van der Waals surface area contributed by atoms with Gasteiger partial charge in [-0.15, -0.1) is 0 Å². The first-order valence-electron chi connectivity index (χ1n) is 10.7. The molecule has 1 amide bonds. The van der Waals surface area contributed by atoms with E-state index in [2.05, 4.69) is 42.3 Å². The Balaban J connectivity index is 2.03. The minimum absolute atomic E-state index is 0.0595. The van der Waals surface area contributed by atoms with Gasteiger partial charge in [0.1, 0.15) is 0 Å². The Hall–Kier alpha value is -2.95. The van der Waals surface area contributed by atoms with E-state index in [-0.39, 0.29) is 11.8 Å². The Morgan fingerprint density at radius 1 is 1.10 bits per heavy atom. The molecule has 0 aliphatic heterocycles. The molecule has 2 N–H and O–H groups in total. The van der Waals surface area contributed by atoms with Crippen molar-refractivity contribution in [2.45, 2.75) is 45.4 Å². The zero-order chi connectivity index (χ0) is 21.5. The minimum Gasteiger partial charge on any atom is -0.493 e. The van der Waals surface area contributed by atoms with Gasteiger partial charge in [-0.3, -0.25) is 4.79 Å². The molecule has 1 atom stereocenters. The van der Waals surface area contributed by atoms with Crippen LogP contribution in [0.2, 0.25) is 0 Å². The van der Waals surface area contributed by atoms with Gasteiger partial charge in [0.05, 0.1) is 14.2 Å². The van der Waals surface area contributed by atoms with Crippen LogP contribution in [0.25, 0.3) is 10.9 Å². The number of benzene rings is 2. The van der Waals surface area contributed by atoms with Crippen molar-refractivity contribution >= 4 is 16.8 Å². The van der Waals surface area contributed by atoms with Crippen molar-refractivity contribution in [1.82, 2.24) is 10.3 Å². The maximum atomic E-state index is 12.8. The summed E-state index contributed by atoms with van der Waals surface area (Å²) in [6, 6.07) is 12.3. The number of hydrogen-bond donors (Lipinski definition) is 2. The molecule has 1 heterocycles. The SMILES string of the molecule is CCCCNC(=O)C[C@@H](c1ccc(OC)c(OC)c1)c1c[nH]c2c(CC)cccc12. The fourth-order valence-corrected chi connectivity index (χ4v) is 3.96. The van der Waals surface area contributed by atoms with E-state index in [0.29, 0.717) is 24.5 Å². The number of amides is 1. The zero-order valence-corrected chi connectivity index (χ0v) is 18.4. The molecule has 0 saturated carbocycles. The number of H-pyrrole nitrogens is 1. The van der Waals surface area contributed by atoms with Gasteiger partial charge in [0.2, 0.25) is 5.91 Å². The molecule has 2 aromatic carbocycles. The number of carbonyl (C=O) groups excluding carboxylic acids is 1. The average molecular weight is 409 g/mol. The summed E-state index contributed by atoms with van der Waals surface area (Å²) in [6.07, 6.45) is 5.42. The van der Waals surface area contributed by atoms with Crippen LogP contribution in [0.3, 0.4) is 0 Å². The van der Waals surface area contributed by atoms with E-state index in [1.165, 1.54) is 5.56 Å². The lowest BCUT2D eigenvalue weighted by atomic mass is 9.87. The number of rotatable bonds is 10. The zero-order valence-electron chi connectivity index (χ0n) is 18.4. The first-order chi connectivity index (χ1) is 14.6. The monoisotopic (exact) mass is 408 g/mol. The highest BCUT2D eigenvalue weighted by molar-refractivity contribution is 5.88. The van der Waals surface area contributed by atoms with Gasteiger partial charge in [-0.2, -0.15) is 0 Å². The molecule has 0 saturated heterocycles. The van der Waals surface area contributed by atoms with Crippen LogP contribution in [0.1, 0.15) is 55.7 Å². The van der Waals surface area contributed by atoms with Gasteiger partial charge < -0.3 is 19.8 Å². The van der Waals surface area contributed by atoms with Gasteiger partial charge in [-0.05, 0) is 41.7 Å². The van der Waals surface area contributed by atoms with E-state index < -0.39 is 0 Å². The van der Waals surface area contributed by atoms with Crippen molar-refractivity contribution in [2.24, 2.45) is 0 Å². The van der Waals surface area contributed by atoms with E-state index >= 15 is 0 Å². The van der Waals surface area contributed by atoms with Crippen LogP contribution in [0.5, 0.6) is 11.5 Å². The lowest BCUT2D eigenvalue weighted by Gasteiger charge is -2.19. The van der Waals surface area contributed by atoms with Gasteiger partial charge in [-0.25, -0.2) is 0 Å². The number of aromatic amines is 1. The third-order valence-corrected chi connectivity index (χ3v) is 5.64. The van der Waals surface area contributed by atoms with Gasteiger partial charge >= 0.3 is 0 Å². The summed E-state index contributed by atoms with van der Waals surface area (Å²) in [5, 5.41) is 4.22. The molecular weight excluding hydrogens is 376 g/mol. The van der Waals surface area contributed by atoms with E-state index in [4.69, 9.17) is 9.47 Å². The molecule has 5 nitrogen and oxygen atoms in total. The normalized spacial score (nSPS) is 12.0. The summed E-state index contributed by atoms with van der Waals surface area (Å²) in [6.45, 7) is 4.99. The molecule has 0 radical (unpaired) electrons. The minimum atomic E-state index is -0.0905. The van der Waals surface area contributed by atoms with Crippen molar-refractivity contribution < 1.29 is 14.3 Å². The molecule has 160 valence electrons. The van der Waals surface area contributed by atoms with Crippen LogP contribution in [-0.4, -0.2) is 31.7 Å². The maximum absolute atomic E-state index is 12.8. The van der Waals surface area contributed by atoms with Crippen molar-refractivity contribution in [3.8, 4) is 11.5 Å². The van der Waals surface area contributed by atoms with E-state index in [9.17, 15) is 4.79 Å². The Labute approximate surface area is 178 Å². The number of fused-ring (bicyclic) bond motifs is 1. The highest BCUT2D eigenvalue weighted by atomic mass is 16.5. The second-order valence-electron chi connectivity index (χ2n) is 7.51. The summed E-state index contributed by atoms with van der Waals surface area (Å²) >= 11 is 0. The number of carbonyl (C=O) groups is 1. The van der Waals surface area contributed by atoms with Crippen LogP contribution in [-0.2, 0) is 11.2 Å². The van der Waals surface area contributed by atoms with Crippen molar-refractivity contribution in [3.05, 3.63) is 59.3 Å². The Morgan fingerprint density at radius 2 is 1.90 bits per heavy atom. The van der Waals surface area contributed by atoms with Gasteiger partial charge in [0.25, 0.3) is 0 Å². The molecule has 0 spiro atoms. The molecule has 0 aliphatic rings. The summed E-state index contributed by atoms with van der Waals surface area (Å²) in [5.41, 5.74) is 4.57. The molecule has 30 heavy (non-hydrogen) atoms. The van der Waals surface area contributed by atoms with Crippen LogP contribution in [0.15, 0.2) is 42.6 Å². The predicted molar refractivity (Wildman–Crippen MR) is 122 cm³/mol. The molecule has 0 bridgehead atoms. The fourth-order valence-electron chi connectivity index (χ4n) is 3.96. The summed E-state index contributed by atoms with van der Waals surface area (Å²) in [5.74, 6) is 1.32. The van der Waals surface area contributed by atoms with Crippen LogP contribution in [0.4, 0.5) is 0 Å². The van der Waals surface area contributed by atoms with E-state index in [1.54, 1.807) is 14.2 Å². The fraction of sp³-hybridized carbons (Fsp3) is 0.400. The number of ether oxygens (including phenoxy) is 2. The number of hydrogen-bond acceptors (Lipinski definition) is 3. The Kier molecular flexibility index (Phi) is 7.39. The summed E-state index contributed by atoms with van der Waals surface area (Å²) in [7, 11) is 3.26. The lowest BCUT2D eigenvalue weighted by molar-refractivity contribution is -0.121. The molecule has 5 heteroatoms. The number of unbranched alkanes of at least 4 members (excludes halogenated alkanes) is 1. The number of aromatic nitrogens is 1. The molecule has 3 aromatic rings. The van der Waals surface area contributed by atoms with Crippen LogP contribution < -0.4 is 14.8 Å². The van der Waals surface area contributed by atoms with E-state index in [0.717, 1.165) is 41.3 Å². The second-order valence-corrected chi connectivity index (χ2v) is 7.51. The molecule has 1 aromatic heterocycles. The van der Waals surface area contributed by atoms with Gasteiger partial charge in [0, 0.05) is 36.0 Å². The Bertz CT molecular complexity index is 993. The second kappa shape index (κ2) is 10.2. The topological polar surface area (TPSA) is 63.4 Å². The third kappa shape index (κ3) is 4.61. The van der Waals surface area contributed by atoms with Crippen molar-refractivity contribution in [2.75, 3.05) is 20.8 Å². The third-order valence-electron chi connectivity index (χ3n) is 5.64. The number of nitrogens with one attached hydrogen (secondary N) is 2. The largest absolute Gasteiger partial charge is 0.493 e. The molecular formula is C25H32N2O3. The van der Waals surface area contributed by atoms with Crippen molar-refractivity contribution in [1.29, 1.82) is 0 Å². The molecule has 0 fully saturated rings. The summed E-state index contributed by atoms with van der Waals surface area (Å²) < 4.78 is 10.9. The van der Waals surface area contributed by atoms with E-state index in [1.807, 2.05) is 24.4 Å². The highest BCUT2D eigenvalue weighted by Crippen LogP contribution is 2.38. The Morgan fingerprint density at radius 3 is 2.60 bits per heavy atom. The number of para-hydroxylation sites is 1. The smallest absolute Gasteiger partial charge is 0.220 e. The number of methoxy groups -OCH3 is 2. The highest BCUT2D eigenvalue weighted by Gasteiger charge is 2.23. The molecule has 0 aliphatic carbocycles. The average Bonchev–Trinajstić information content (AvgIpc) is 3.21. The van der Waals surface area contributed by atoms with Crippen molar-refractivity contribution in [3.63, 3.8) is 0 Å². The first-order valence-corrected chi connectivity index (χ1v) is 10.7. The lowest BCUT2D eigenvalue weighted by Crippen LogP contribution is -2.26. The molecule has 0 unspecified atom stereocenters. The standard InChI is InChI=1S/C25H32N2O3/c1-5-7-13-26-24(28)15-20(18-11-12-22(29-3)23(14-18)30-4)21-16-27-25-17(6-2)9-8-10-19(21)25/h8-12,14,16,20,27H,5-7,13,15H2,1-4H3,(H,26,28)/t20-/m0/s1. The van der Waals surface area contributed by atoms with Gasteiger partial charge in [0.15, 0.2) is 11.5 Å². The number of aryl methyl sites for hydroxylation is 1. The summed E-state index contributed by atoms with van der Waals surface area (Å²) in [4.78, 5) is 16.2. The van der Waals surface area contributed by atoms with Crippen LogP contribution in [0, 0.1) is 0 Å². The first kappa shape index (κ1) is 21.8. The predicted octanol–water partition coefficient (Wildman–Crippen LogP) is 5.19. The van der Waals surface area contributed by atoms with Crippen LogP contribution >= 0.6 is 0 Å². The van der Waals surface area contributed by atoms with Gasteiger partial charge in [-0.1, -0.05) is 44.5 Å².